The largest absolute Gasteiger partial charge is 0.356 e. The molecule has 152 valence electrons. The maximum atomic E-state index is 12.1. The van der Waals surface area contributed by atoms with Crippen molar-refractivity contribution >= 4 is 16.8 Å². The molecule has 2 aromatic carbocycles. The first-order valence-electron chi connectivity index (χ1n) is 10.8. The van der Waals surface area contributed by atoms with Gasteiger partial charge in [-0.25, -0.2) is 0 Å². The summed E-state index contributed by atoms with van der Waals surface area (Å²) in [5, 5.41) is 4.28. The van der Waals surface area contributed by atoms with Crippen LogP contribution in [0.3, 0.4) is 0 Å². The molecule has 4 nitrogen and oxygen atoms in total. The number of para-hydroxylation sites is 1. The van der Waals surface area contributed by atoms with Crippen molar-refractivity contribution in [2.24, 2.45) is 5.92 Å². The predicted molar refractivity (Wildman–Crippen MR) is 119 cm³/mol. The van der Waals surface area contributed by atoms with Crippen LogP contribution in [0.5, 0.6) is 0 Å². The molecule has 0 aliphatic carbocycles. The van der Waals surface area contributed by atoms with Crippen LogP contribution in [0.25, 0.3) is 10.9 Å². The Morgan fingerprint density at radius 1 is 1.03 bits per heavy atom. The fraction of sp³-hybridized carbons (Fsp3) is 0.400. The molecule has 1 aliphatic heterocycles. The molecule has 1 aromatic heterocycles. The standard InChI is InChI=1S/C25H31N3O/c1-3-26-25(29)20-12-14-27(15-13-20)18-23-16-21-9-6-7-11-24(21)28(23)17-22-10-5-4-8-19(22)2/h4-11,16,20H,3,12-15,17-18H2,1-2H3,(H,26,29). The molecule has 1 aliphatic rings. The summed E-state index contributed by atoms with van der Waals surface area (Å²) in [5.74, 6) is 0.393. The Kier molecular flexibility index (Phi) is 6.00. The van der Waals surface area contributed by atoms with Gasteiger partial charge in [0.15, 0.2) is 0 Å². The second-order valence-electron chi connectivity index (χ2n) is 8.15. The highest BCUT2D eigenvalue weighted by molar-refractivity contribution is 5.81. The highest BCUT2D eigenvalue weighted by atomic mass is 16.1. The Labute approximate surface area is 173 Å². The Morgan fingerprint density at radius 3 is 2.52 bits per heavy atom. The van der Waals surface area contributed by atoms with Crippen molar-refractivity contribution in [2.45, 2.75) is 39.8 Å². The molecule has 0 atom stereocenters. The average molecular weight is 390 g/mol. The van der Waals surface area contributed by atoms with Crippen molar-refractivity contribution in [3.63, 3.8) is 0 Å². The summed E-state index contributed by atoms with van der Waals surface area (Å²) in [4.78, 5) is 14.6. The number of nitrogens with one attached hydrogen (secondary N) is 1. The van der Waals surface area contributed by atoms with Gasteiger partial charge >= 0.3 is 0 Å². The smallest absolute Gasteiger partial charge is 0.223 e. The van der Waals surface area contributed by atoms with Gasteiger partial charge in [0.2, 0.25) is 5.91 Å². The van der Waals surface area contributed by atoms with E-state index in [2.05, 4.69) is 76.3 Å². The van der Waals surface area contributed by atoms with E-state index in [9.17, 15) is 4.79 Å². The van der Waals surface area contributed by atoms with Crippen LogP contribution in [-0.2, 0) is 17.9 Å². The molecule has 4 heteroatoms. The first kappa shape index (κ1) is 19.7. The van der Waals surface area contributed by atoms with Crippen molar-refractivity contribution in [3.8, 4) is 0 Å². The fourth-order valence-electron chi connectivity index (χ4n) is 4.44. The number of benzene rings is 2. The molecule has 1 amide bonds. The molecule has 4 rings (SSSR count). The van der Waals surface area contributed by atoms with E-state index in [1.165, 1.54) is 27.7 Å². The third-order valence-electron chi connectivity index (χ3n) is 6.18. The summed E-state index contributed by atoms with van der Waals surface area (Å²) >= 11 is 0. The molecular weight excluding hydrogens is 358 g/mol. The van der Waals surface area contributed by atoms with Crippen LogP contribution in [0.4, 0.5) is 0 Å². The molecule has 0 spiro atoms. The van der Waals surface area contributed by atoms with E-state index in [0.717, 1.165) is 45.6 Å². The number of piperidine rings is 1. The second kappa shape index (κ2) is 8.83. The first-order valence-corrected chi connectivity index (χ1v) is 10.8. The van der Waals surface area contributed by atoms with Gasteiger partial charge in [0, 0.05) is 36.8 Å². The Bertz CT molecular complexity index is 983. The van der Waals surface area contributed by atoms with Crippen molar-refractivity contribution in [1.29, 1.82) is 0 Å². The van der Waals surface area contributed by atoms with Gasteiger partial charge in [-0.2, -0.15) is 0 Å². The van der Waals surface area contributed by atoms with Crippen LogP contribution in [0.15, 0.2) is 54.6 Å². The molecule has 0 radical (unpaired) electrons. The molecule has 1 N–H and O–H groups in total. The second-order valence-corrected chi connectivity index (χ2v) is 8.15. The highest BCUT2D eigenvalue weighted by Gasteiger charge is 2.25. The SMILES string of the molecule is CCNC(=O)C1CCN(Cc2cc3ccccc3n2Cc2ccccc2C)CC1. The van der Waals surface area contributed by atoms with Crippen LogP contribution in [0.2, 0.25) is 0 Å². The molecule has 1 fully saturated rings. The maximum absolute atomic E-state index is 12.1. The first-order chi connectivity index (χ1) is 14.2. The number of rotatable bonds is 6. The Balaban J connectivity index is 1.53. The molecule has 3 aromatic rings. The van der Waals surface area contributed by atoms with Gasteiger partial charge in [0.1, 0.15) is 0 Å². The van der Waals surface area contributed by atoms with Gasteiger partial charge in [-0.3, -0.25) is 9.69 Å². The molecule has 0 unspecified atom stereocenters. The van der Waals surface area contributed by atoms with Gasteiger partial charge in [-0.1, -0.05) is 42.5 Å². The van der Waals surface area contributed by atoms with E-state index >= 15 is 0 Å². The number of amides is 1. The number of hydrogen-bond donors (Lipinski definition) is 1. The van der Waals surface area contributed by atoms with E-state index in [-0.39, 0.29) is 11.8 Å². The molecule has 29 heavy (non-hydrogen) atoms. The Hall–Kier alpha value is -2.59. The van der Waals surface area contributed by atoms with E-state index in [1.807, 2.05) is 6.92 Å². The lowest BCUT2D eigenvalue weighted by atomic mass is 9.96. The molecule has 0 bridgehead atoms. The predicted octanol–water partition coefficient (Wildman–Crippen LogP) is 4.35. The number of likely N-dealkylation sites (tertiary alicyclic amines) is 1. The van der Waals surface area contributed by atoms with Gasteiger partial charge in [0.05, 0.1) is 0 Å². The Morgan fingerprint density at radius 2 is 1.76 bits per heavy atom. The summed E-state index contributed by atoms with van der Waals surface area (Å²) in [6.45, 7) is 8.68. The number of aryl methyl sites for hydroxylation is 1. The summed E-state index contributed by atoms with van der Waals surface area (Å²) in [7, 11) is 0. The fourth-order valence-corrected chi connectivity index (χ4v) is 4.44. The van der Waals surface area contributed by atoms with Crippen LogP contribution in [0, 0.1) is 12.8 Å². The topological polar surface area (TPSA) is 37.3 Å². The third-order valence-corrected chi connectivity index (χ3v) is 6.18. The summed E-state index contributed by atoms with van der Waals surface area (Å²) < 4.78 is 2.47. The number of carbonyl (C=O) groups excluding carboxylic acids is 1. The zero-order valence-electron chi connectivity index (χ0n) is 17.5. The monoisotopic (exact) mass is 389 g/mol. The lowest BCUT2D eigenvalue weighted by Crippen LogP contribution is -2.40. The zero-order chi connectivity index (χ0) is 20.2. The van der Waals surface area contributed by atoms with Crippen LogP contribution in [-0.4, -0.2) is 35.0 Å². The minimum atomic E-state index is 0.170. The van der Waals surface area contributed by atoms with Crippen molar-refractivity contribution < 1.29 is 4.79 Å². The minimum Gasteiger partial charge on any atom is -0.356 e. The molecule has 1 saturated heterocycles. The van der Waals surface area contributed by atoms with E-state index in [1.54, 1.807) is 0 Å². The summed E-state index contributed by atoms with van der Waals surface area (Å²) in [5.41, 5.74) is 5.35. The highest BCUT2D eigenvalue weighted by Crippen LogP contribution is 2.25. The number of hydrogen-bond acceptors (Lipinski definition) is 2. The molecular formula is C25H31N3O. The third kappa shape index (κ3) is 4.38. The normalized spacial score (nSPS) is 15.7. The number of nitrogens with zero attached hydrogens (tertiary/aromatic N) is 2. The molecule has 2 heterocycles. The quantitative estimate of drug-likeness (QED) is 0.681. The number of aromatic nitrogens is 1. The van der Waals surface area contributed by atoms with Gasteiger partial charge in [-0.15, -0.1) is 0 Å². The van der Waals surface area contributed by atoms with Crippen molar-refractivity contribution in [2.75, 3.05) is 19.6 Å². The minimum absolute atomic E-state index is 0.170. The lowest BCUT2D eigenvalue weighted by Gasteiger charge is -2.31. The van der Waals surface area contributed by atoms with E-state index in [4.69, 9.17) is 0 Å². The van der Waals surface area contributed by atoms with Gasteiger partial charge < -0.3 is 9.88 Å². The number of carbonyl (C=O) groups is 1. The van der Waals surface area contributed by atoms with E-state index in [0.29, 0.717) is 0 Å². The number of fused-ring (bicyclic) bond motifs is 1. The van der Waals surface area contributed by atoms with Crippen LogP contribution < -0.4 is 5.32 Å². The van der Waals surface area contributed by atoms with Gasteiger partial charge in [-0.05, 0) is 68.4 Å². The maximum Gasteiger partial charge on any atom is 0.223 e. The lowest BCUT2D eigenvalue weighted by molar-refractivity contribution is -0.126. The van der Waals surface area contributed by atoms with Crippen molar-refractivity contribution in [3.05, 3.63) is 71.4 Å². The van der Waals surface area contributed by atoms with Crippen molar-refractivity contribution in [1.82, 2.24) is 14.8 Å². The van der Waals surface area contributed by atoms with Gasteiger partial charge in [0.25, 0.3) is 0 Å². The van der Waals surface area contributed by atoms with Crippen LogP contribution in [0.1, 0.15) is 36.6 Å². The zero-order valence-corrected chi connectivity index (χ0v) is 17.5. The average Bonchev–Trinajstić information content (AvgIpc) is 3.07. The van der Waals surface area contributed by atoms with Crippen LogP contribution >= 0.6 is 0 Å². The summed E-state index contributed by atoms with van der Waals surface area (Å²) in [6.07, 6.45) is 1.90. The molecule has 0 saturated carbocycles. The van der Waals surface area contributed by atoms with E-state index < -0.39 is 0 Å². The summed E-state index contributed by atoms with van der Waals surface area (Å²) in [6, 6.07) is 19.6.